The molecule has 1 unspecified atom stereocenters. The van der Waals surface area contributed by atoms with Gasteiger partial charge in [-0.3, -0.25) is 4.68 Å². The van der Waals surface area contributed by atoms with E-state index >= 15 is 0 Å². The van der Waals surface area contributed by atoms with Gasteiger partial charge in [-0.05, 0) is 36.8 Å². The molecule has 0 aliphatic rings. The van der Waals surface area contributed by atoms with Crippen LogP contribution in [0.1, 0.15) is 37.3 Å². The molecule has 0 aromatic carbocycles. The number of nitrogens with one attached hydrogen (secondary N) is 1. The molecule has 18 heavy (non-hydrogen) atoms. The molecule has 0 bridgehead atoms. The van der Waals surface area contributed by atoms with Crippen molar-refractivity contribution in [2.45, 2.75) is 25.9 Å². The highest BCUT2D eigenvalue weighted by atomic mass is 79.9. The van der Waals surface area contributed by atoms with Crippen molar-refractivity contribution in [3.63, 3.8) is 0 Å². The minimum Gasteiger partial charge on any atom is -0.336 e. The molecule has 2 rings (SSSR count). The molecule has 6 heteroatoms. The van der Waals surface area contributed by atoms with Gasteiger partial charge < -0.3 is 9.88 Å². The van der Waals surface area contributed by atoms with E-state index in [-0.39, 0.29) is 6.04 Å². The molecule has 0 spiro atoms. The van der Waals surface area contributed by atoms with Crippen LogP contribution in [0.15, 0.2) is 23.2 Å². The van der Waals surface area contributed by atoms with E-state index in [1.807, 2.05) is 42.1 Å². The smallest absolute Gasteiger partial charge is 0.0946 e. The predicted octanol–water partition coefficient (Wildman–Crippen LogP) is 2.27. The van der Waals surface area contributed by atoms with Crippen LogP contribution in [0.2, 0.25) is 0 Å². The number of aromatic nitrogens is 4. The molecular formula is C12H18BrN5. The summed E-state index contributed by atoms with van der Waals surface area (Å²) in [6.07, 6.45) is 5.53. The fourth-order valence-corrected chi connectivity index (χ4v) is 2.60. The van der Waals surface area contributed by atoms with Crippen molar-refractivity contribution in [2.75, 3.05) is 7.05 Å². The maximum absolute atomic E-state index is 4.42. The molecule has 0 amide bonds. The van der Waals surface area contributed by atoms with Crippen LogP contribution >= 0.6 is 15.9 Å². The fraction of sp³-hybridized carbons (Fsp3) is 0.500. The summed E-state index contributed by atoms with van der Waals surface area (Å²) in [6, 6.07) is 0.382. The number of hydrogen-bond donors (Lipinski definition) is 1. The summed E-state index contributed by atoms with van der Waals surface area (Å²) < 4.78 is 5.06. The van der Waals surface area contributed by atoms with Gasteiger partial charge in [-0.2, -0.15) is 5.10 Å². The summed E-state index contributed by atoms with van der Waals surface area (Å²) in [5.41, 5.74) is 2.23. The molecule has 5 nitrogen and oxygen atoms in total. The lowest BCUT2D eigenvalue weighted by atomic mass is 10.1. The zero-order valence-electron chi connectivity index (χ0n) is 11.1. The van der Waals surface area contributed by atoms with Gasteiger partial charge in [-0.1, -0.05) is 0 Å². The molecule has 1 N–H and O–H groups in total. The lowest BCUT2D eigenvalue weighted by Gasteiger charge is -2.21. The molecule has 2 aromatic heterocycles. The number of hydrogen-bond acceptors (Lipinski definition) is 3. The molecule has 98 valence electrons. The average Bonchev–Trinajstić information content (AvgIpc) is 2.89. The minimum absolute atomic E-state index is 0.0665. The minimum atomic E-state index is 0.0665. The van der Waals surface area contributed by atoms with Crippen LogP contribution in [0.4, 0.5) is 0 Å². The third kappa shape index (κ3) is 2.22. The van der Waals surface area contributed by atoms with Gasteiger partial charge in [0, 0.05) is 13.1 Å². The highest BCUT2D eigenvalue weighted by molar-refractivity contribution is 9.10. The summed E-state index contributed by atoms with van der Waals surface area (Å²) in [6.45, 7) is 4.25. The molecule has 0 saturated carbocycles. The second kappa shape index (κ2) is 5.24. The van der Waals surface area contributed by atoms with E-state index in [4.69, 9.17) is 0 Å². The van der Waals surface area contributed by atoms with E-state index in [2.05, 4.69) is 45.2 Å². The first kappa shape index (κ1) is 13.3. The van der Waals surface area contributed by atoms with Crippen LogP contribution in [0.25, 0.3) is 0 Å². The fourth-order valence-electron chi connectivity index (χ4n) is 2.10. The van der Waals surface area contributed by atoms with Gasteiger partial charge in [0.1, 0.15) is 0 Å². The molecule has 2 aromatic rings. The Morgan fingerprint density at radius 2 is 2.06 bits per heavy atom. The van der Waals surface area contributed by atoms with E-state index in [1.165, 1.54) is 0 Å². The Bertz CT molecular complexity index is 528. The quantitative estimate of drug-likeness (QED) is 0.942. The summed E-state index contributed by atoms with van der Waals surface area (Å²) in [4.78, 5) is 4.18. The Morgan fingerprint density at radius 3 is 2.56 bits per heavy atom. The summed E-state index contributed by atoms with van der Waals surface area (Å²) >= 11 is 3.58. The first-order valence-corrected chi connectivity index (χ1v) is 6.72. The van der Waals surface area contributed by atoms with E-state index in [0.29, 0.717) is 6.04 Å². The van der Waals surface area contributed by atoms with Gasteiger partial charge in [0.25, 0.3) is 0 Å². The van der Waals surface area contributed by atoms with Crippen molar-refractivity contribution in [3.05, 3.63) is 34.6 Å². The highest BCUT2D eigenvalue weighted by Gasteiger charge is 2.23. The van der Waals surface area contributed by atoms with Crippen molar-refractivity contribution in [2.24, 2.45) is 7.05 Å². The SMILES string of the molecule is CNC(c1cncn1C)c1c(Br)cnn1C(C)C. The van der Waals surface area contributed by atoms with E-state index in [9.17, 15) is 0 Å². The molecule has 1 atom stereocenters. The van der Waals surface area contributed by atoms with Crippen LogP contribution < -0.4 is 5.32 Å². The van der Waals surface area contributed by atoms with Gasteiger partial charge in [0.15, 0.2) is 0 Å². The first-order chi connectivity index (χ1) is 8.56. The molecular weight excluding hydrogens is 294 g/mol. The van der Waals surface area contributed by atoms with Crippen molar-refractivity contribution >= 4 is 15.9 Å². The largest absolute Gasteiger partial charge is 0.336 e. The summed E-state index contributed by atoms with van der Waals surface area (Å²) in [5, 5.41) is 7.76. The average molecular weight is 312 g/mol. The molecule has 0 aliphatic heterocycles. The maximum Gasteiger partial charge on any atom is 0.0946 e. The van der Waals surface area contributed by atoms with E-state index in [0.717, 1.165) is 15.9 Å². The lowest BCUT2D eigenvalue weighted by molar-refractivity contribution is 0.476. The zero-order valence-corrected chi connectivity index (χ0v) is 12.6. The van der Waals surface area contributed by atoms with Gasteiger partial charge in [-0.25, -0.2) is 4.98 Å². The van der Waals surface area contributed by atoms with Crippen LogP contribution in [0, 0.1) is 0 Å². The number of halogens is 1. The van der Waals surface area contributed by atoms with Crippen LogP contribution in [-0.4, -0.2) is 26.4 Å². The standard InChI is InChI=1S/C12H18BrN5/c1-8(2)18-12(9(13)5-16-18)11(14-3)10-6-15-7-17(10)4/h5-8,11,14H,1-4H3. The number of rotatable bonds is 4. The molecule has 0 fully saturated rings. The Labute approximate surface area is 115 Å². The molecule has 2 heterocycles. The van der Waals surface area contributed by atoms with Crippen molar-refractivity contribution in [1.29, 1.82) is 0 Å². The van der Waals surface area contributed by atoms with Gasteiger partial charge in [0.05, 0.1) is 40.6 Å². The van der Waals surface area contributed by atoms with Gasteiger partial charge >= 0.3 is 0 Å². The second-order valence-electron chi connectivity index (χ2n) is 4.57. The van der Waals surface area contributed by atoms with E-state index < -0.39 is 0 Å². The second-order valence-corrected chi connectivity index (χ2v) is 5.42. The lowest BCUT2D eigenvalue weighted by Crippen LogP contribution is -2.24. The Kier molecular flexibility index (Phi) is 3.87. The molecule has 0 radical (unpaired) electrons. The Morgan fingerprint density at radius 1 is 1.33 bits per heavy atom. The topological polar surface area (TPSA) is 47.7 Å². The Hall–Kier alpha value is -1.14. The van der Waals surface area contributed by atoms with Crippen LogP contribution in [-0.2, 0) is 7.05 Å². The summed E-state index contributed by atoms with van der Waals surface area (Å²) in [7, 11) is 3.94. The van der Waals surface area contributed by atoms with Crippen molar-refractivity contribution in [3.8, 4) is 0 Å². The van der Waals surface area contributed by atoms with Gasteiger partial charge in [0.2, 0.25) is 0 Å². The number of aryl methyl sites for hydroxylation is 1. The zero-order chi connectivity index (χ0) is 13.3. The Balaban J connectivity index is 2.52. The monoisotopic (exact) mass is 311 g/mol. The first-order valence-electron chi connectivity index (χ1n) is 5.92. The van der Waals surface area contributed by atoms with Gasteiger partial charge in [-0.15, -0.1) is 0 Å². The van der Waals surface area contributed by atoms with E-state index in [1.54, 1.807) is 0 Å². The van der Waals surface area contributed by atoms with Crippen molar-refractivity contribution in [1.82, 2.24) is 24.6 Å². The maximum atomic E-state index is 4.42. The van der Waals surface area contributed by atoms with Crippen molar-refractivity contribution < 1.29 is 0 Å². The third-order valence-corrected chi connectivity index (χ3v) is 3.60. The van der Waals surface area contributed by atoms with Crippen LogP contribution in [0.5, 0.6) is 0 Å². The summed E-state index contributed by atoms with van der Waals surface area (Å²) in [5.74, 6) is 0. The predicted molar refractivity (Wildman–Crippen MR) is 74.4 cm³/mol. The number of nitrogens with zero attached hydrogens (tertiary/aromatic N) is 4. The highest BCUT2D eigenvalue weighted by Crippen LogP contribution is 2.29. The number of imidazole rings is 1. The normalized spacial score (nSPS) is 13.2. The molecule has 0 aliphatic carbocycles. The third-order valence-electron chi connectivity index (χ3n) is 2.99. The van der Waals surface area contributed by atoms with Crippen LogP contribution in [0.3, 0.4) is 0 Å². The molecule has 0 saturated heterocycles.